The molecule has 19 nitrogen and oxygen atoms in total. The van der Waals surface area contributed by atoms with E-state index in [1.165, 1.54) is 250 Å². The number of rotatable bonds is 65. The number of unbranched alkanes of at least 4 members (excludes halogenated alkanes) is 43. The topological polar surface area (TPSA) is 307 Å². The lowest BCUT2D eigenvalue weighted by Crippen LogP contribution is -2.66. The fourth-order valence-corrected chi connectivity index (χ4v) is 13.8. The zero-order valence-electron chi connectivity index (χ0n) is 62.7. The highest BCUT2D eigenvalue weighted by molar-refractivity contribution is 5.76. The van der Waals surface area contributed by atoms with Gasteiger partial charge in [-0.25, -0.2) is 0 Å². The Balaban J connectivity index is 1.35. The number of carbonyl (C=O) groups is 1. The van der Waals surface area contributed by atoms with Crippen molar-refractivity contribution in [1.29, 1.82) is 0 Å². The summed E-state index contributed by atoms with van der Waals surface area (Å²) in [7, 11) is 0. The lowest BCUT2D eigenvalue weighted by Gasteiger charge is -2.48. The molecular formula is C81H149NO18. The van der Waals surface area contributed by atoms with Crippen LogP contribution in [-0.4, -0.2) is 193 Å². The van der Waals surface area contributed by atoms with E-state index in [0.717, 1.165) is 44.9 Å². The summed E-state index contributed by atoms with van der Waals surface area (Å²) in [5.74, 6) is -0.284. The molecule has 100 heavy (non-hydrogen) atoms. The van der Waals surface area contributed by atoms with Crippen molar-refractivity contribution in [3.8, 4) is 0 Å². The maximum atomic E-state index is 13.5. The van der Waals surface area contributed by atoms with E-state index in [0.29, 0.717) is 12.8 Å². The van der Waals surface area contributed by atoms with Crippen molar-refractivity contribution in [1.82, 2.24) is 5.32 Å². The average molecular weight is 1430 g/mol. The fourth-order valence-electron chi connectivity index (χ4n) is 13.8. The standard InChI is InChI=1S/C81H149NO18/c1-3-5-7-9-11-13-15-17-19-21-23-25-26-27-28-29-30-31-32-33-34-35-36-37-38-39-41-43-45-47-49-51-53-55-57-59-69(87)82-64(65(86)58-56-54-52-50-48-46-44-42-40-24-22-20-18-16-14-12-10-8-6-4-2)63-95-79-75(93)72(90)77(67(61-84)97-79)100-81-76(94)73(91)78(68(62-85)98-81)99-80-74(92)71(89)70(88)66(60-83)96-80/h21,23,40,42,48,50,56,58,64-68,70-81,83-86,88-94H,3-20,22,24-39,41,43-47,49,51-55,57,59-63H2,1-2H3,(H,82,87)/b23-21-,42-40+,50-48+,58-56+. The summed E-state index contributed by atoms with van der Waals surface area (Å²) < 4.78 is 34.4. The smallest absolute Gasteiger partial charge is 0.220 e. The van der Waals surface area contributed by atoms with Crippen LogP contribution in [0.3, 0.4) is 0 Å². The maximum absolute atomic E-state index is 13.5. The van der Waals surface area contributed by atoms with Gasteiger partial charge in [0.05, 0.1) is 38.6 Å². The molecule has 17 atom stereocenters. The molecule has 19 heteroatoms. The number of aliphatic hydroxyl groups excluding tert-OH is 11. The van der Waals surface area contributed by atoms with E-state index < -0.39 is 124 Å². The Morgan fingerprint density at radius 3 is 1.00 bits per heavy atom. The summed E-state index contributed by atoms with van der Waals surface area (Å²) in [4.78, 5) is 13.5. The average Bonchev–Trinajstić information content (AvgIpc) is 0.783. The van der Waals surface area contributed by atoms with Crippen LogP contribution < -0.4 is 5.32 Å². The van der Waals surface area contributed by atoms with E-state index in [4.69, 9.17) is 28.4 Å². The van der Waals surface area contributed by atoms with Gasteiger partial charge in [0.2, 0.25) is 5.91 Å². The Hall–Kier alpha value is -2.25. The molecule has 0 aromatic rings. The van der Waals surface area contributed by atoms with E-state index in [-0.39, 0.29) is 18.9 Å². The molecule has 0 spiro atoms. The van der Waals surface area contributed by atoms with Gasteiger partial charge in [-0.05, 0) is 70.6 Å². The van der Waals surface area contributed by atoms with Crippen LogP contribution in [0.2, 0.25) is 0 Å². The normalized spacial score (nSPS) is 26.7. The van der Waals surface area contributed by atoms with Gasteiger partial charge in [0.25, 0.3) is 0 Å². The molecule has 12 N–H and O–H groups in total. The molecule has 17 unspecified atom stereocenters. The molecule has 586 valence electrons. The van der Waals surface area contributed by atoms with E-state index in [9.17, 15) is 61.0 Å². The van der Waals surface area contributed by atoms with Crippen molar-refractivity contribution in [3.05, 3.63) is 48.6 Å². The van der Waals surface area contributed by atoms with Gasteiger partial charge >= 0.3 is 0 Å². The van der Waals surface area contributed by atoms with E-state index >= 15 is 0 Å². The number of carbonyl (C=O) groups excluding carboxylic acids is 1. The molecular weight excluding hydrogens is 1270 g/mol. The first-order valence-corrected chi connectivity index (χ1v) is 40.9. The van der Waals surface area contributed by atoms with E-state index in [1.54, 1.807) is 6.08 Å². The van der Waals surface area contributed by atoms with Crippen LogP contribution in [-0.2, 0) is 33.2 Å². The number of amides is 1. The molecule has 3 saturated heterocycles. The minimum absolute atomic E-state index is 0.235. The molecule has 0 aromatic heterocycles. The number of hydrogen-bond donors (Lipinski definition) is 12. The summed E-state index contributed by atoms with van der Waals surface area (Å²) in [6.45, 7) is 1.75. The van der Waals surface area contributed by atoms with Crippen LogP contribution in [0.15, 0.2) is 48.6 Å². The van der Waals surface area contributed by atoms with Crippen molar-refractivity contribution in [2.75, 3.05) is 26.4 Å². The van der Waals surface area contributed by atoms with Crippen molar-refractivity contribution < 1.29 is 89.4 Å². The highest BCUT2D eigenvalue weighted by Crippen LogP contribution is 2.33. The Labute approximate surface area is 605 Å². The van der Waals surface area contributed by atoms with Gasteiger partial charge in [0, 0.05) is 6.42 Å². The number of hydrogen-bond acceptors (Lipinski definition) is 18. The molecule has 0 saturated carbocycles. The van der Waals surface area contributed by atoms with Crippen molar-refractivity contribution >= 4 is 5.91 Å². The predicted molar refractivity (Wildman–Crippen MR) is 397 cm³/mol. The molecule has 0 bridgehead atoms. The van der Waals surface area contributed by atoms with Crippen LogP contribution in [0.25, 0.3) is 0 Å². The lowest BCUT2D eigenvalue weighted by molar-refractivity contribution is -0.379. The van der Waals surface area contributed by atoms with E-state index in [2.05, 4.69) is 55.6 Å². The first-order chi connectivity index (χ1) is 48.8. The van der Waals surface area contributed by atoms with Crippen molar-refractivity contribution in [2.24, 2.45) is 0 Å². The van der Waals surface area contributed by atoms with Gasteiger partial charge in [-0.2, -0.15) is 0 Å². The predicted octanol–water partition coefficient (Wildman–Crippen LogP) is 13.7. The van der Waals surface area contributed by atoms with Crippen molar-refractivity contribution in [3.63, 3.8) is 0 Å². The summed E-state index contributed by atoms with van der Waals surface area (Å²) in [6.07, 6.45) is 51.2. The monoisotopic (exact) mass is 1420 g/mol. The Kier molecular flexibility index (Phi) is 56.9. The Morgan fingerprint density at radius 1 is 0.350 bits per heavy atom. The number of ether oxygens (including phenoxy) is 6. The molecule has 3 aliphatic rings. The summed E-state index contributed by atoms with van der Waals surface area (Å²) >= 11 is 0. The van der Waals surface area contributed by atoms with Gasteiger partial charge in [0.15, 0.2) is 18.9 Å². The molecule has 0 aliphatic carbocycles. The zero-order valence-corrected chi connectivity index (χ0v) is 62.7. The highest BCUT2D eigenvalue weighted by atomic mass is 16.8. The summed E-state index contributed by atoms with van der Waals surface area (Å²) in [5, 5.41) is 121. The third-order valence-corrected chi connectivity index (χ3v) is 20.3. The SMILES string of the molecule is CCCCCCCCCC/C=C\CCCCCCCCCCCCCCCCCCCCCCCCCC(=O)NC(COC1OC(CO)C(OC2OC(CO)C(OC3OC(CO)C(O)C(O)C3O)C(O)C2O)C(O)C1O)C(O)/C=C/CC/C=C/CC/C=C/CCCCCCCCCCCC. The maximum Gasteiger partial charge on any atom is 0.220 e. The fraction of sp³-hybridized carbons (Fsp3) is 0.889. The van der Waals surface area contributed by atoms with Crippen LogP contribution >= 0.6 is 0 Å². The molecule has 1 amide bonds. The summed E-state index contributed by atoms with van der Waals surface area (Å²) in [5.41, 5.74) is 0. The van der Waals surface area contributed by atoms with Crippen LogP contribution in [0.4, 0.5) is 0 Å². The van der Waals surface area contributed by atoms with Gasteiger partial charge in [-0.15, -0.1) is 0 Å². The molecule has 3 rings (SSSR count). The third kappa shape index (κ3) is 41.6. The molecule has 0 radical (unpaired) electrons. The first kappa shape index (κ1) is 92.0. The zero-order chi connectivity index (χ0) is 72.5. The lowest BCUT2D eigenvalue weighted by atomic mass is 9.96. The third-order valence-electron chi connectivity index (χ3n) is 20.3. The van der Waals surface area contributed by atoms with Gasteiger partial charge < -0.3 is 89.9 Å². The van der Waals surface area contributed by atoms with Gasteiger partial charge in [0.1, 0.15) is 73.2 Å². The summed E-state index contributed by atoms with van der Waals surface area (Å²) in [6, 6.07) is -0.997. The van der Waals surface area contributed by atoms with Crippen LogP contribution in [0.1, 0.15) is 328 Å². The van der Waals surface area contributed by atoms with Gasteiger partial charge in [-0.3, -0.25) is 4.79 Å². The first-order valence-electron chi connectivity index (χ1n) is 40.9. The quantitative estimate of drug-likeness (QED) is 0.0199. The minimum atomic E-state index is -1.98. The van der Waals surface area contributed by atoms with E-state index in [1.807, 2.05) is 6.08 Å². The molecule has 3 heterocycles. The number of allylic oxidation sites excluding steroid dienone is 7. The second-order valence-electron chi connectivity index (χ2n) is 29.2. The van der Waals surface area contributed by atoms with Gasteiger partial charge in [-0.1, -0.05) is 300 Å². The number of nitrogens with one attached hydrogen (secondary N) is 1. The Bertz CT molecular complexity index is 1990. The second-order valence-corrected chi connectivity index (χ2v) is 29.2. The number of aliphatic hydroxyl groups is 11. The molecule has 3 fully saturated rings. The molecule has 3 aliphatic heterocycles. The highest BCUT2D eigenvalue weighted by Gasteiger charge is 2.54. The van der Waals surface area contributed by atoms with Crippen molar-refractivity contribution in [2.45, 2.75) is 433 Å². The van der Waals surface area contributed by atoms with Crippen LogP contribution in [0.5, 0.6) is 0 Å². The Morgan fingerprint density at radius 2 is 0.640 bits per heavy atom. The largest absolute Gasteiger partial charge is 0.394 e. The second kappa shape index (κ2) is 61.9. The minimum Gasteiger partial charge on any atom is -0.394 e. The van der Waals surface area contributed by atoms with Crippen LogP contribution in [0, 0.1) is 0 Å². The molecule has 0 aromatic carbocycles.